The zero-order chi connectivity index (χ0) is 23.1. The van der Waals surface area contributed by atoms with Gasteiger partial charge in [-0.2, -0.15) is 0 Å². The summed E-state index contributed by atoms with van der Waals surface area (Å²) < 4.78 is 0.443. The second-order valence-electron chi connectivity index (χ2n) is 6.88. The highest BCUT2D eigenvalue weighted by Gasteiger charge is 2.16. The standard InChI is InChI=1S/C16H13NS.C9H7BrO4/c1-2-6-13(7-3-1)12-14-9-10-16(18-14)15-8-4-5-11-17-15;1-4-6(8(11)12)2-5(10)3-7(4)9(13)14/h1-11H,12H2;2-3H,1H3,(H,11,12)(H,13,14). The molecule has 2 heterocycles. The summed E-state index contributed by atoms with van der Waals surface area (Å²) in [5, 5.41) is 17.6. The molecule has 162 valence electrons. The topological polar surface area (TPSA) is 87.5 Å². The number of nitrogens with zero attached hydrogens (tertiary/aromatic N) is 1. The molecule has 2 aromatic heterocycles. The highest BCUT2D eigenvalue weighted by atomic mass is 79.9. The van der Waals surface area contributed by atoms with E-state index in [0.717, 1.165) is 12.1 Å². The van der Waals surface area contributed by atoms with Crippen LogP contribution in [0, 0.1) is 6.92 Å². The van der Waals surface area contributed by atoms with E-state index < -0.39 is 11.9 Å². The van der Waals surface area contributed by atoms with Crippen LogP contribution in [0.15, 0.2) is 83.5 Å². The minimum Gasteiger partial charge on any atom is -0.478 e. The van der Waals surface area contributed by atoms with Crippen molar-refractivity contribution in [1.82, 2.24) is 4.98 Å². The molecule has 0 unspecified atom stereocenters. The first kappa shape index (κ1) is 23.4. The molecule has 0 spiro atoms. The van der Waals surface area contributed by atoms with Gasteiger partial charge >= 0.3 is 11.9 Å². The molecule has 0 aliphatic carbocycles. The van der Waals surface area contributed by atoms with E-state index in [1.54, 1.807) is 0 Å². The number of carbonyl (C=O) groups is 2. The summed E-state index contributed by atoms with van der Waals surface area (Å²) >= 11 is 4.88. The zero-order valence-corrected chi connectivity index (χ0v) is 19.6. The van der Waals surface area contributed by atoms with Crippen molar-refractivity contribution in [3.63, 3.8) is 0 Å². The lowest BCUT2D eigenvalue weighted by atomic mass is 10.0. The molecule has 4 aromatic rings. The smallest absolute Gasteiger partial charge is 0.336 e. The second-order valence-corrected chi connectivity index (χ2v) is 8.96. The molecular weight excluding hydrogens is 490 g/mol. The van der Waals surface area contributed by atoms with Crippen molar-refractivity contribution in [2.45, 2.75) is 13.3 Å². The summed E-state index contributed by atoms with van der Waals surface area (Å²) in [7, 11) is 0. The third-order valence-corrected chi connectivity index (χ3v) is 6.20. The fourth-order valence-corrected chi connectivity index (χ4v) is 4.52. The van der Waals surface area contributed by atoms with Crippen LogP contribution in [0.3, 0.4) is 0 Å². The van der Waals surface area contributed by atoms with E-state index in [1.165, 1.54) is 34.4 Å². The van der Waals surface area contributed by atoms with Crippen molar-refractivity contribution in [3.05, 3.63) is 111 Å². The molecule has 0 aliphatic rings. The lowest BCUT2D eigenvalue weighted by molar-refractivity contribution is 0.0696. The van der Waals surface area contributed by atoms with Gasteiger partial charge in [0.25, 0.3) is 0 Å². The maximum atomic E-state index is 10.7. The van der Waals surface area contributed by atoms with Crippen molar-refractivity contribution in [3.8, 4) is 10.6 Å². The Morgan fingerprint density at radius 3 is 2.09 bits per heavy atom. The second kappa shape index (κ2) is 10.8. The van der Waals surface area contributed by atoms with E-state index >= 15 is 0 Å². The molecule has 0 bridgehead atoms. The number of halogens is 1. The van der Waals surface area contributed by atoms with Crippen LogP contribution in [0.1, 0.15) is 36.7 Å². The SMILES string of the molecule is Cc1c(C(=O)O)cc(Br)cc1C(=O)O.c1ccc(Cc2ccc(-c3ccccn3)s2)cc1. The van der Waals surface area contributed by atoms with Crippen molar-refractivity contribution >= 4 is 39.2 Å². The largest absolute Gasteiger partial charge is 0.478 e. The predicted octanol–water partition coefficient (Wildman–Crippen LogP) is 6.55. The van der Waals surface area contributed by atoms with Crippen LogP contribution < -0.4 is 0 Å². The van der Waals surface area contributed by atoms with E-state index in [9.17, 15) is 9.59 Å². The van der Waals surface area contributed by atoms with Crippen LogP contribution >= 0.6 is 27.3 Å². The molecule has 4 rings (SSSR count). The molecule has 32 heavy (non-hydrogen) atoms. The average molecular weight is 510 g/mol. The first-order valence-electron chi connectivity index (χ1n) is 9.66. The Labute approximate surface area is 198 Å². The van der Waals surface area contributed by atoms with Crippen LogP contribution in [0.2, 0.25) is 0 Å². The van der Waals surface area contributed by atoms with Crippen LogP contribution in [0.4, 0.5) is 0 Å². The maximum absolute atomic E-state index is 10.7. The van der Waals surface area contributed by atoms with Gasteiger partial charge < -0.3 is 10.2 Å². The molecular formula is C25H20BrNO4S. The normalized spacial score (nSPS) is 10.2. The number of benzene rings is 2. The Balaban J connectivity index is 0.000000188. The van der Waals surface area contributed by atoms with Gasteiger partial charge in [0.1, 0.15) is 0 Å². The minimum absolute atomic E-state index is 0.00299. The van der Waals surface area contributed by atoms with Gasteiger partial charge in [0.15, 0.2) is 0 Å². The Hall–Kier alpha value is -3.29. The number of aromatic nitrogens is 1. The first-order valence-corrected chi connectivity index (χ1v) is 11.3. The van der Waals surface area contributed by atoms with E-state index in [4.69, 9.17) is 10.2 Å². The van der Waals surface area contributed by atoms with Crippen molar-refractivity contribution < 1.29 is 19.8 Å². The molecule has 0 fully saturated rings. The Bertz CT molecular complexity index is 1190. The summed E-state index contributed by atoms with van der Waals surface area (Å²) in [5.41, 5.74) is 2.66. The van der Waals surface area contributed by atoms with Gasteiger partial charge in [0.05, 0.1) is 21.7 Å². The van der Waals surface area contributed by atoms with Gasteiger partial charge in [-0.1, -0.05) is 52.3 Å². The van der Waals surface area contributed by atoms with E-state index in [-0.39, 0.29) is 16.7 Å². The third kappa shape index (κ3) is 6.12. The number of rotatable bonds is 5. The summed E-state index contributed by atoms with van der Waals surface area (Å²) in [6, 6.07) is 23.7. The van der Waals surface area contributed by atoms with E-state index in [1.807, 2.05) is 29.7 Å². The highest BCUT2D eigenvalue weighted by molar-refractivity contribution is 9.10. The Morgan fingerprint density at radius 1 is 0.906 bits per heavy atom. The minimum atomic E-state index is -1.13. The summed E-state index contributed by atoms with van der Waals surface area (Å²) in [5.74, 6) is -2.27. The summed E-state index contributed by atoms with van der Waals surface area (Å²) in [4.78, 5) is 28.5. The van der Waals surface area contributed by atoms with Crippen LogP contribution in [0.25, 0.3) is 10.6 Å². The highest BCUT2D eigenvalue weighted by Crippen LogP contribution is 2.27. The predicted molar refractivity (Wildman–Crippen MR) is 130 cm³/mol. The Morgan fingerprint density at radius 2 is 1.53 bits per heavy atom. The molecule has 7 heteroatoms. The number of carboxylic acids is 2. The monoisotopic (exact) mass is 509 g/mol. The maximum Gasteiger partial charge on any atom is 0.336 e. The summed E-state index contributed by atoms with van der Waals surface area (Å²) in [6.45, 7) is 1.47. The van der Waals surface area contributed by atoms with Crippen LogP contribution in [0.5, 0.6) is 0 Å². The quantitative estimate of drug-likeness (QED) is 0.318. The van der Waals surface area contributed by atoms with E-state index in [2.05, 4.69) is 69.4 Å². The lowest BCUT2D eigenvalue weighted by Gasteiger charge is -2.05. The number of carboxylic acid groups (broad SMARTS) is 2. The van der Waals surface area contributed by atoms with Gasteiger partial charge in [-0.25, -0.2) is 9.59 Å². The molecule has 2 N–H and O–H groups in total. The fourth-order valence-electron chi connectivity index (χ4n) is 3.04. The molecule has 0 amide bonds. The van der Waals surface area contributed by atoms with E-state index in [0.29, 0.717) is 4.47 Å². The van der Waals surface area contributed by atoms with Crippen LogP contribution in [-0.4, -0.2) is 27.1 Å². The van der Waals surface area contributed by atoms with Gasteiger partial charge in [-0.3, -0.25) is 4.98 Å². The molecule has 0 radical (unpaired) electrons. The lowest BCUT2D eigenvalue weighted by Crippen LogP contribution is -2.07. The molecule has 0 saturated heterocycles. The van der Waals surface area contributed by atoms with Crippen molar-refractivity contribution in [2.75, 3.05) is 0 Å². The molecule has 5 nitrogen and oxygen atoms in total. The number of thiophene rings is 1. The zero-order valence-electron chi connectivity index (χ0n) is 17.2. The van der Waals surface area contributed by atoms with Crippen molar-refractivity contribution in [1.29, 1.82) is 0 Å². The molecule has 0 aliphatic heterocycles. The number of hydrogen-bond donors (Lipinski definition) is 2. The van der Waals surface area contributed by atoms with Gasteiger partial charge in [0, 0.05) is 22.0 Å². The first-order chi connectivity index (χ1) is 15.3. The Kier molecular flexibility index (Phi) is 7.92. The van der Waals surface area contributed by atoms with Gasteiger partial charge in [-0.05, 0) is 54.4 Å². The number of aromatic carboxylic acids is 2. The fraction of sp³-hybridized carbons (Fsp3) is 0.0800. The molecule has 0 saturated carbocycles. The molecule has 2 aromatic carbocycles. The number of hydrogen-bond acceptors (Lipinski definition) is 4. The summed E-state index contributed by atoms with van der Waals surface area (Å²) in [6.07, 6.45) is 2.84. The molecule has 0 atom stereocenters. The van der Waals surface area contributed by atoms with Crippen LogP contribution in [-0.2, 0) is 6.42 Å². The average Bonchev–Trinajstić information content (AvgIpc) is 3.25. The van der Waals surface area contributed by atoms with Gasteiger partial charge in [-0.15, -0.1) is 11.3 Å². The third-order valence-electron chi connectivity index (χ3n) is 4.63. The van der Waals surface area contributed by atoms with Crippen molar-refractivity contribution in [2.24, 2.45) is 0 Å². The van der Waals surface area contributed by atoms with Gasteiger partial charge in [0.2, 0.25) is 0 Å². The number of pyridine rings is 1.